The van der Waals surface area contributed by atoms with Gasteiger partial charge in [-0.15, -0.1) is 0 Å². The zero-order valence-electron chi connectivity index (χ0n) is 15.6. The Morgan fingerprint density at radius 2 is 1.86 bits per heavy atom. The number of nitrogens with one attached hydrogen (secondary N) is 1. The van der Waals surface area contributed by atoms with Gasteiger partial charge >= 0.3 is 5.97 Å². The maximum atomic E-state index is 12.5. The first kappa shape index (κ1) is 19.3. The summed E-state index contributed by atoms with van der Waals surface area (Å²) in [6.07, 6.45) is 1.84. The third kappa shape index (κ3) is 3.33. The molecule has 2 heterocycles. The van der Waals surface area contributed by atoms with Gasteiger partial charge in [0.15, 0.2) is 0 Å². The Bertz CT molecular complexity index is 1230. The number of rotatable bonds is 3. The average molecular weight is 427 g/mol. The van der Waals surface area contributed by atoms with Gasteiger partial charge in [0.05, 0.1) is 16.3 Å². The fourth-order valence-corrected chi connectivity index (χ4v) is 3.98. The number of hydrogen-bond donors (Lipinski definition) is 2. The third-order valence-corrected chi connectivity index (χ3v) is 5.54. The Kier molecular flexibility index (Phi) is 4.73. The number of carbonyl (C=O) groups excluding carboxylic acids is 1. The molecule has 0 saturated carbocycles. The van der Waals surface area contributed by atoms with Gasteiger partial charge in [0.25, 0.3) is 5.91 Å². The van der Waals surface area contributed by atoms with Crippen LogP contribution >= 0.6 is 23.2 Å². The molecule has 5 nitrogen and oxygen atoms in total. The molecule has 0 saturated heterocycles. The molecular formula is C22H16Cl2N2O3. The molecule has 0 aliphatic carbocycles. The van der Waals surface area contributed by atoms with Crippen molar-refractivity contribution in [2.45, 2.75) is 13.8 Å². The molecule has 0 unspecified atom stereocenters. The van der Waals surface area contributed by atoms with E-state index in [1.807, 2.05) is 36.6 Å². The zero-order chi connectivity index (χ0) is 20.9. The lowest BCUT2D eigenvalue weighted by Crippen LogP contribution is -2.04. The SMILES string of the molecule is Cc1cc(/C=C2/C(=O)Nc3cc(Cl)ccc32)c(C)n1-c1ccc(Cl)c(C(=O)O)c1. The van der Waals surface area contributed by atoms with Gasteiger partial charge in [-0.2, -0.15) is 0 Å². The molecule has 0 fully saturated rings. The Labute approximate surface area is 177 Å². The predicted molar refractivity (Wildman–Crippen MR) is 115 cm³/mol. The van der Waals surface area contributed by atoms with Crippen LogP contribution < -0.4 is 5.32 Å². The van der Waals surface area contributed by atoms with E-state index in [0.29, 0.717) is 22.0 Å². The first-order chi connectivity index (χ1) is 13.8. The zero-order valence-corrected chi connectivity index (χ0v) is 17.1. The van der Waals surface area contributed by atoms with E-state index in [1.54, 1.807) is 30.3 Å². The number of hydrogen-bond acceptors (Lipinski definition) is 2. The Morgan fingerprint density at radius 1 is 1.10 bits per heavy atom. The summed E-state index contributed by atoms with van der Waals surface area (Å²) >= 11 is 12.0. The van der Waals surface area contributed by atoms with Gasteiger partial charge in [0.2, 0.25) is 0 Å². The molecule has 146 valence electrons. The summed E-state index contributed by atoms with van der Waals surface area (Å²) in [4.78, 5) is 23.9. The largest absolute Gasteiger partial charge is 0.478 e. The summed E-state index contributed by atoms with van der Waals surface area (Å²) in [5.41, 5.74) is 5.41. The Hall–Kier alpha value is -3.02. The number of benzene rings is 2. The highest BCUT2D eigenvalue weighted by Gasteiger charge is 2.25. The molecule has 7 heteroatoms. The van der Waals surface area contributed by atoms with Gasteiger partial charge in [-0.25, -0.2) is 4.79 Å². The number of carboxylic acid groups (broad SMARTS) is 1. The van der Waals surface area contributed by atoms with E-state index in [4.69, 9.17) is 23.2 Å². The standard InChI is InChI=1S/C22H16Cl2N2O3/c1-11-7-13(8-17-16-5-3-14(23)9-20(16)25-21(17)27)12(2)26(11)15-4-6-19(24)18(10-15)22(28)29/h3-10H,1-2H3,(H,25,27)(H,28,29)/b17-8+. The van der Waals surface area contributed by atoms with E-state index < -0.39 is 5.97 Å². The van der Waals surface area contributed by atoms with Crippen molar-refractivity contribution in [1.29, 1.82) is 0 Å². The molecule has 3 aromatic rings. The Balaban J connectivity index is 1.82. The van der Waals surface area contributed by atoms with Crippen LogP contribution in [-0.2, 0) is 4.79 Å². The summed E-state index contributed by atoms with van der Waals surface area (Å²) in [5, 5.41) is 12.9. The number of amides is 1. The molecule has 0 atom stereocenters. The second kappa shape index (κ2) is 7.10. The highest BCUT2D eigenvalue weighted by atomic mass is 35.5. The lowest BCUT2D eigenvalue weighted by molar-refractivity contribution is -0.110. The fraction of sp³-hybridized carbons (Fsp3) is 0.0909. The van der Waals surface area contributed by atoms with E-state index in [2.05, 4.69) is 5.32 Å². The van der Waals surface area contributed by atoms with Crippen molar-refractivity contribution in [3.8, 4) is 5.69 Å². The molecule has 0 radical (unpaired) electrons. The molecule has 0 bridgehead atoms. The molecular weight excluding hydrogens is 411 g/mol. The quantitative estimate of drug-likeness (QED) is 0.535. The number of aromatic nitrogens is 1. The maximum absolute atomic E-state index is 12.5. The monoisotopic (exact) mass is 426 g/mol. The van der Waals surface area contributed by atoms with Crippen molar-refractivity contribution in [1.82, 2.24) is 4.57 Å². The number of carbonyl (C=O) groups is 2. The van der Waals surface area contributed by atoms with E-state index in [1.165, 1.54) is 0 Å². The van der Waals surface area contributed by atoms with Crippen LogP contribution in [0.15, 0.2) is 42.5 Å². The molecule has 1 aromatic heterocycles. The summed E-state index contributed by atoms with van der Waals surface area (Å²) in [7, 11) is 0. The molecule has 2 aromatic carbocycles. The van der Waals surface area contributed by atoms with Crippen LogP contribution in [0.25, 0.3) is 17.3 Å². The van der Waals surface area contributed by atoms with E-state index in [0.717, 1.165) is 22.5 Å². The van der Waals surface area contributed by atoms with E-state index >= 15 is 0 Å². The maximum Gasteiger partial charge on any atom is 0.337 e. The minimum atomic E-state index is -1.08. The molecule has 1 aliphatic heterocycles. The number of fused-ring (bicyclic) bond motifs is 1. The van der Waals surface area contributed by atoms with Gasteiger partial charge < -0.3 is 15.0 Å². The van der Waals surface area contributed by atoms with Crippen molar-refractivity contribution in [2.24, 2.45) is 0 Å². The smallest absolute Gasteiger partial charge is 0.337 e. The molecule has 4 rings (SSSR count). The molecule has 29 heavy (non-hydrogen) atoms. The summed E-state index contributed by atoms with van der Waals surface area (Å²) in [5.74, 6) is -1.27. The van der Waals surface area contributed by atoms with Gasteiger partial charge in [0, 0.05) is 33.2 Å². The topological polar surface area (TPSA) is 71.3 Å². The van der Waals surface area contributed by atoms with Crippen LogP contribution in [0.1, 0.15) is 32.9 Å². The highest BCUT2D eigenvalue weighted by molar-refractivity contribution is 6.36. The number of aromatic carboxylic acids is 1. The molecule has 1 aliphatic rings. The normalized spacial score (nSPS) is 14.2. The van der Waals surface area contributed by atoms with Crippen LogP contribution in [0.5, 0.6) is 0 Å². The minimum Gasteiger partial charge on any atom is -0.478 e. The number of anilines is 1. The number of aryl methyl sites for hydroxylation is 1. The van der Waals surface area contributed by atoms with Crippen molar-refractivity contribution in [3.63, 3.8) is 0 Å². The van der Waals surface area contributed by atoms with E-state index in [-0.39, 0.29) is 16.5 Å². The number of halogens is 2. The van der Waals surface area contributed by atoms with Crippen LogP contribution in [0.2, 0.25) is 10.0 Å². The second-order valence-corrected chi connectivity index (χ2v) is 7.68. The first-order valence-corrected chi connectivity index (χ1v) is 9.57. The number of nitrogens with zero attached hydrogens (tertiary/aromatic N) is 1. The van der Waals surface area contributed by atoms with E-state index in [9.17, 15) is 14.7 Å². The summed E-state index contributed by atoms with van der Waals surface area (Å²) < 4.78 is 1.94. The fourth-order valence-electron chi connectivity index (χ4n) is 3.61. The lowest BCUT2D eigenvalue weighted by atomic mass is 10.0. The van der Waals surface area contributed by atoms with Crippen LogP contribution in [-0.4, -0.2) is 21.6 Å². The second-order valence-electron chi connectivity index (χ2n) is 6.83. The molecule has 0 spiro atoms. The third-order valence-electron chi connectivity index (χ3n) is 4.97. The average Bonchev–Trinajstić information content (AvgIpc) is 3.11. The van der Waals surface area contributed by atoms with Gasteiger partial charge in [0.1, 0.15) is 0 Å². The predicted octanol–water partition coefficient (Wildman–Crippen LogP) is 5.59. The van der Waals surface area contributed by atoms with Crippen molar-refractivity contribution in [2.75, 3.05) is 5.32 Å². The minimum absolute atomic E-state index is 0.0394. The molecule has 2 N–H and O–H groups in total. The van der Waals surface area contributed by atoms with Crippen molar-refractivity contribution < 1.29 is 14.7 Å². The van der Waals surface area contributed by atoms with Crippen LogP contribution in [0.4, 0.5) is 5.69 Å². The van der Waals surface area contributed by atoms with Crippen molar-refractivity contribution >= 4 is 52.4 Å². The van der Waals surface area contributed by atoms with Crippen LogP contribution in [0, 0.1) is 13.8 Å². The first-order valence-electron chi connectivity index (χ1n) is 8.81. The Morgan fingerprint density at radius 3 is 2.59 bits per heavy atom. The van der Waals surface area contributed by atoms with Gasteiger partial charge in [-0.05, 0) is 61.9 Å². The molecule has 1 amide bonds. The lowest BCUT2D eigenvalue weighted by Gasteiger charge is -2.11. The van der Waals surface area contributed by atoms with Crippen molar-refractivity contribution in [3.05, 3.63) is 80.6 Å². The highest BCUT2D eigenvalue weighted by Crippen LogP contribution is 2.36. The summed E-state index contributed by atoms with van der Waals surface area (Å²) in [6.45, 7) is 3.84. The summed E-state index contributed by atoms with van der Waals surface area (Å²) in [6, 6.07) is 12.1. The van der Waals surface area contributed by atoms with Gasteiger partial charge in [-0.1, -0.05) is 29.3 Å². The number of carboxylic acids is 1. The van der Waals surface area contributed by atoms with Crippen LogP contribution in [0.3, 0.4) is 0 Å². The van der Waals surface area contributed by atoms with Gasteiger partial charge in [-0.3, -0.25) is 4.79 Å².